The second-order valence-corrected chi connectivity index (χ2v) is 7.75. The maximum Gasteiger partial charge on any atom is 0.418 e. The maximum atomic E-state index is 15.1. The van der Waals surface area contributed by atoms with Crippen LogP contribution < -0.4 is 26.2 Å². The Balaban J connectivity index is 1.94. The van der Waals surface area contributed by atoms with Crippen LogP contribution in [-0.2, 0) is 0 Å². The lowest BCUT2D eigenvalue weighted by Crippen LogP contribution is -2.49. The van der Waals surface area contributed by atoms with Gasteiger partial charge in [0.15, 0.2) is 5.82 Å². The van der Waals surface area contributed by atoms with Gasteiger partial charge in [0.25, 0.3) is 0 Å². The zero-order valence-corrected chi connectivity index (χ0v) is 16.1. The topological polar surface area (TPSA) is 110 Å². The fourth-order valence-electron chi connectivity index (χ4n) is 3.68. The Morgan fingerprint density at radius 2 is 2.10 bits per heavy atom. The molecule has 0 spiro atoms. The average molecular weight is 426 g/mol. The summed E-state index contributed by atoms with van der Waals surface area (Å²) in [5, 5.41) is 12.0. The number of carboxylic acid groups (broad SMARTS) is 1. The number of carboxylic acids is 1. The Morgan fingerprint density at radius 1 is 1.40 bits per heavy atom. The monoisotopic (exact) mass is 426 g/mol. The number of fused-ring (bicyclic) bond motifs is 1. The Labute approximate surface area is 169 Å². The van der Waals surface area contributed by atoms with Gasteiger partial charge in [-0.1, -0.05) is 0 Å². The molecular weight excluding hydrogens is 405 g/mol. The first-order valence-electron chi connectivity index (χ1n) is 9.56. The Kier molecular flexibility index (Phi) is 4.80. The molecule has 2 aromatic rings. The van der Waals surface area contributed by atoms with Crippen LogP contribution in [0.5, 0.6) is 0 Å². The second kappa shape index (κ2) is 7.08. The third-order valence-electron chi connectivity index (χ3n) is 5.43. The first-order valence-corrected chi connectivity index (χ1v) is 9.56. The van der Waals surface area contributed by atoms with Crippen LogP contribution >= 0.6 is 0 Å². The van der Waals surface area contributed by atoms with Crippen molar-refractivity contribution < 1.29 is 27.9 Å². The van der Waals surface area contributed by atoms with Crippen LogP contribution in [0.1, 0.15) is 30.1 Å². The first kappa shape index (κ1) is 20.3. The number of pyridine rings is 1. The van der Waals surface area contributed by atoms with Crippen molar-refractivity contribution in [2.45, 2.75) is 31.9 Å². The number of rotatable bonds is 5. The molecule has 4 rings (SSSR count). The number of hydrogen-bond donors (Lipinski definition) is 3. The minimum absolute atomic E-state index is 0.0305. The smallest absolute Gasteiger partial charge is 0.418 e. The number of benzene rings is 1. The minimum Gasteiger partial charge on any atom is -0.477 e. The summed E-state index contributed by atoms with van der Waals surface area (Å²) in [4.78, 5) is 30.6. The van der Waals surface area contributed by atoms with Gasteiger partial charge in [-0.05, 0) is 25.8 Å². The lowest BCUT2D eigenvalue weighted by molar-refractivity contribution is -0.249. The summed E-state index contributed by atoms with van der Waals surface area (Å²) < 4.78 is 44.3. The lowest BCUT2D eigenvalue weighted by Gasteiger charge is -2.34. The molecule has 30 heavy (non-hydrogen) atoms. The van der Waals surface area contributed by atoms with E-state index in [2.05, 4.69) is 5.32 Å². The van der Waals surface area contributed by atoms with E-state index in [0.29, 0.717) is 30.6 Å². The van der Waals surface area contributed by atoms with Gasteiger partial charge in [-0.15, -0.1) is 0 Å². The van der Waals surface area contributed by atoms with Crippen molar-refractivity contribution in [3.8, 4) is 0 Å². The molecule has 1 aromatic heterocycles. The van der Waals surface area contributed by atoms with Crippen molar-refractivity contribution >= 4 is 28.2 Å². The van der Waals surface area contributed by atoms with Gasteiger partial charge in [0.2, 0.25) is 5.43 Å². The zero-order chi connectivity index (χ0) is 21.8. The lowest BCUT2D eigenvalue weighted by atomic mass is 10.1. The number of carbonyl (C=O) groups is 1. The zero-order valence-electron chi connectivity index (χ0n) is 16.1. The summed E-state index contributed by atoms with van der Waals surface area (Å²) >= 11 is 0. The van der Waals surface area contributed by atoms with Crippen LogP contribution in [-0.4, -0.2) is 47.6 Å². The number of nitrogens with two attached hydrogens (primary N) is 1. The Morgan fingerprint density at radius 3 is 2.70 bits per heavy atom. The summed E-state index contributed by atoms with van der Waals surface area (Å²) in [7, 11) is 0. The molecule has 2 heterocycles. The molecule has 2 aliphatic rings. The fraction of sp³-hybridized carbons (Fsp3) is 0.474. The van der Waals surface area contributed by atoms with E-state index >= 15 is 4.39 Å². The molecular formula is C19H21F3N4O4. The van der Waals surface area contributed by atoms with E-state index in [-0.39, 0.29) is 30.1 Å². The van der Waals surface area contributed by atoms with E-state index in [1.54, 1.807) is 4.90 Å². The number of aromatic carboxylic acids is 1. The second-order valence-electron chi connectivity index (χ2n) is 7.75. The number of anilines is 2. The van der Waals surface area contributed by atoms with Gasteiger partial charge in [-0.3, -0.25) is 4.79 Å². The third-order valence-corrected chi connectivity index (χ3v) is 5.43. The highest BCUT2D eigenvalue weighted by atomic mass is 19.3. The van der Waals surface area contributed by atoms with Crippen molar-refractivity contribution in [1.82, 2.24) is 10.0 Å². The highest BCUT2D eigenvalue weighted by molar-refractivity contribution is 5.99. The van der Waals surface area contributed by atoms with Crippen molar-refractivity contribution in [2.24, 2.45) is 5.92 Å². The number of nitrogens with one attached hydrogen (secondary N) is 1. The fourth-order valence-corrected chi connectivity index (χ4v) is 3.68. The van der Waals surface area contributed by atoms with Crippen molar-refractivity contribution in [3.05, 3.63) is 33.9 Å². The molecule has 1 aromatic carbocycles. The number of nitrogen functional groups attached to an aromatic ring is 1. The van der Waals surface area contributed by atoms with Gasteiger partial charge in [0.1, 0.15) is 5.56 Å². The summed E-state index contributed by atoms with van der Waals surface area (Å²) in [5.41, 5.74) is 3.17. The SMILES string of the molecule is CC1CN(c2cc3c(c(N)c2F)c(=O)c(C(=O)O)cn3OC(F)(F)C2CC2)CCN1. The van der Waals surface area contributed by atoms with Crippen LogP contribution in [0.4, 0.5) is 24.5 Å². The van der Waals surface area contributed by atoms with Crippen LogP contribution in [0.2, 0.25) is 0 Å². The molecule has 11 heteroatoms. The molecule has 162 valence electrons. The summed E-state index contributed by atoms with van der Waals surface area (Å²) in [6.07, 6.45) is -2.37. The number of hydrogen-bond acceptors (Lipinski definition) is 6. The molecule has 1 saturated heterocycles. The van der Waals surface area contributed by atoms with E-state index in [0.717, 1.165) is 0 Å². The van der Waals surface area contributed by atoms with Crippen LogP contribution in [0.3, 0.4) is 0 Å². The summed E-state index contributed by atoms with van der Waals surface area (Å²) in [6.45, 7) is 3.34. The molecule has 1 unspecified atom stereocenters. The standard InChI is InChI=1S/C19H21F3N4O4/c1-9-7-25(5-4-24-9)13-6-12-14(16(23)15(13)20)17(27)11(18(28)29)8-26(12)30-19(21,22)10-2-3-10/h6,8-10,24H,2-5,7,23H2,1H3,(H,28,29). The quantitative estimate of drug-likeness (QED) is 0.624. The van der Waals surface area contributed by atoms with Gasteiger partial charge < -0.3 is 25.9 Å². The van der Waals surface area contributed by atoms with Gasteiger partial charge in [0.05, 0.1) is 34.4 Å². The molecule has 2 fully saturated rings. The highest BCUT2D eigenvalue weighted by Gasteiger charge is 2.50. The van der Waals surface area contributed by atoms with Crippen molar-refractivity contribution in [2.75, 3.05) is 30.3 Å². The average Bonchev–Trinajstić information content (AvgIpc) is 3.51. The third kappa shape index (κ3) is 3.42. The molecule has 8 nitrogen and oxygen atoms in total. The van der Waals surface area contributed by atoms with Gasteiger partial charge >= 0.3 is 12.1 Å². The number of halogens is 3. The minimum atomic E-state index is -3.58. The first-order chi connectivity index (χ1) is 14.1. The Hall–Kier alpha value is -2.95. The van der Waals surface area contributed by atoms with Crippen LogP contribution in [0, 0.1) is 11.7 Å². The van der Waals surface area contributed by atoms with E-state index in [1.165, 1.54) is 6.07 Å². The molecule has 1 atom stereocenters. The van der Waals surface area contributed by atoms with Gasteiger partial charge in [-0.25, -0.2) is 9.18 Å². The molecule has 0 bridgehead atoms. The summed E-state index contributed by atoms with van der Waals surface area (Å²) in [5.74, 6) is -3.57. The predicted molar refractivity (Wildman–Crippen MR) is 103 cm³/mol. The highest BCUT2D eigenvalue weighted by Crippen LogP contribution is 2.43. The molecule has 0 amide bonds. The van der Waals surface area contributed by atoms with E-state index in [9.17, 15) is 23.5 Å². The normalized spacial score (nSPS) is 19.9. The largest absolute Gasteiger partial charge is 0.477 e. The van der Waals surface area contributed by atoms with Crippen LogP contribution in [0.25, 0.3) is 10.9 Å². The van der Waals surface area contributed by atoms with E-state index in [4.69, 9.17) is 10.6 Å². The number of alkyl halides is 2. The van der Waals surface area contributed by atoms with Crippen molar-refractivity contribution in [3.63, 3.8) is 0 Å². The summed E-state index contributed by atoms with van der Waals surface area (Å²) in [6, 6.07) is 1.25. The van der Waals surface area contributed by atoms with Crippen LogP contribution in [0.15, 0.2) is 17.1 Å². The number of aromatic nitrogens is 1. The van der Waals surface area contributed by atoms with E-state index in [1.807, 2.05) is 6.92 Å². The maximum absolute atomic E-state index is 15.1. The van der Waals surface area contributed by atoms with Gasteiger partial charge in [0, 0.05) is 25.7 Å². The number of piperazine rings is 1. The molecule has 4 N–H and O–H groups in total. The van der Waals surface area contributed by atoms with Crippen molar-refractivity contribution in [1.29, 1.82) is 0 Å². The van der Waals surface area contributed by atoms with E-state index < -0.39 is 45.9 Å². The molecule has 1 saturated carbocycles. The molecule has 0 radical (unpaired) electrons. The predicted octanol–water partition coefficient (Wildman–Crippen LogP) is 1.65. The molecule has 1 aliphatic heterocycles. The Bertz CT molecular complexity index is 1080. The van der Waals surface area contributed by atoms with Gasteiger partial charge in [-0.2, -0.15) is 13.5 Å². The number of nitrogens with zero attached hydrogens (tertiary/aromatic N) is 2. The molecule has 1 aliphatic carbocycles.